The van der Waals surface area contributed by atoms with Crippen LogP contribution in [0.1, 0.15) is 31.1 Å². The van der Waals surface area contributed by atoms with Crippen LogP contribution in [-0.2, 0) is 12.8 Å². The molecule has 16 heavy (non-hydrogen) atoms. The molecule has 2 heterocycles. The van der Waals surface area contributed by atoms with Gasteiger partial charge in [-0.15, -0.1) is 0 Å². The van der Waals surface area contributed by atoms with Crippen LogP contribution in [0.2, 0.25) is 0 Å². The van der Waals surface area contributed by atoms with E-state index in [-0.39, 0.29) is 0 Å². The van der Waals surface area contributed by atoms with Crippen LogP contribution in [0, 0.1) is 6.92 Å². The molecule has 0 radical (unpaired) electrons. The van der Waals surface area contributed by atoms with E-state index in [1.807, 2.05) is 31.5 Å². The summed E-state index contributed by atoms with van der Waals surface area (Å²) in [6.07, 6.45) is 2.08. The van der Waals surface area contributed by atoms with E-state index in [0.717, 1.165) is 24.5 Å². The second-order valence-corrected chi connectivity index (χ2v) is 3.62. The fourth-order valence-electron chi connectivity index (χ4n) is 1.99. The van der Waals surface area contributed by atoms with Gasteiger partial charge in [0.15, 0.2) is 0 Å². The van der Waals surface area contributed by atoms with Crippen molar-refractivity contribution in [1.82, 2.24) is 14.8 Å². The summed E-state index contributed by atoms with van der Waals surface area (Å²) in [4.78, 5) is 4.40. The molecule has 0 aliphatic carbocycles. The minimum absolute atomic E-state index is 0.858. The zero-order valence-corrected chi connectivity index (χ0v) is 10.1. The summed E-state index contributed by atoms with van der Waals surface area (Å²) in [5, 5.41) is 4.40. The van der Waals surface area contributed by atoms with Crippen LogP contribution in [0.15, 0.2) is 24.3 Å². The van der Waals surface area contributed by atoms with E-state index in [2.05, 4.69) is 28.3 Å². The number of hydrogen-bond donors (Lipinski definition) is 0. The Morgan fingerprint density at radius 3 is 2.69 bits per heavy atom. The number of benzene rings is 1. The van der Waals surface area contributed by atoms with Crippen molar-refractivity contribution in [2.45, 2.75) is 33.6 Å². The van der Waals surface area contributed by atoms with Gasteiger partial charge in [-0.25, -0.2) is 9.67 Å². The van der Waals surface area contributed by atoms with E-state index in [4.69, 9.17) is 0 Å². The number of aryl methyl sites for hydroxylation is 3. The highest BCUT2D eigenvalue weighted by Crippen LogP contribution is 2.22. The van der Waals surface area contributed by atoms with Gasteiger partial charge in [-0.1, -0.05) is 32.0 Å². The average Bonchev–Trinajstić information content (AvgIpc) is 2.72. The molecule has 0 N–H and O–H groups in total. The largest absolute Gasteiger partial charge is 0.217 e. The molecule has 2 aromatic rings. The molecule has 1 aliphatic rings. The third-order valence-corrected chi connectivity index (χ3v) is 2.62. The van der Waals surface area contributed by atoms with Gasteiger partial charge in [0.2, 0.25) is 0 Å². The molecule has 1 aliphatic heterocycles. The van der Waals surface area contributed by atoms with Crippen molar-refractivity contribution in [1.29, 1.82) is 0 Å². The van der Waals surface area contributed by atoms with Crippen molar-refractivity contribution in [3.8, 4) is 5.69 Å². The zero-order chi connectivity index (χ0) is 11.5. The predicted octanol–water partition coefficient (Wildman–Crippen LogP) is 2.70. The van der Waals surface area contributed by atoms with Crippen LogP contribution < -0.4 is 0 Å². The maximum absolute atomic E-state index is 4.40. The molecule has 0 bridgehead atoms. The number of aromatic nitrogens is 3. The maximum Gasteiger partial charge on any atom is 0.148 e. The summed E-state index contributed by atoms with van der Waals surface area (Å²) in [7, 11) is 0. The SMILES string of the molecule is CC.Cc1nc2n(n1)-c1ccccc1CC2. The van der Waals surface area contributed by atoms with Crippen molar-refractivity contribution in [3.63, 3.8) is 0 Å². The van der Waals surface area contributed by atoms with Gasteiger partial charge in [0.25, 0.3) is 0 Å². The number of nitrogens with zero attached hydrogens (tertiary/aromatic N) is 3. The molecule has 1 aromatic carbocycles. The average molecular weight is 215 g/mol. The molecule has 1 aromatic heterocycles. The van der Waals surface area contributed by atoms with E-state index in [0.29, 0.717) is 0 Å². The standard InChI is InChI=1S/C11H11N3.C2H6/c1-8-12-11-7-6-9-4-2-3-5-10(9)14(11)13-8;1-2/h2-5H,6-7H2,1H3;1-2H3. The first-order chi connectivity index (χ1) is 7.84. The molecule has 0 saturated carbocycles. The van der Waals surface area contributed by atoms with Crippen LogP contribution in [0.5, 0.6) is 0 Å². The van der Waals surface area contributed by atoms with Crippen molar-refractivity contribution in [2.24, 2.45) is 0 Å². The number of fused-ring (bicyclic) bond motifs is 3. The Morgan fingerprint density at radius 2 is 1.88 bits per heavy atom. The first-order valence-corrected chi connectivity index (χ1v) is 5.85. The minimum Gasteiger partial charge on any atom is -0.217 e. The van der Waals surface area contributed by atoms with Gasteiger partial charge >= 0.3 is 0 Å². The zero-order valence-electron chi connectivity index (χ0n) is 10.1. The number of para-hydroxylation sites is 1. The quantitative estimate of drug-likeness (QED) is 0.676. The Bertz CT molecular complexity index is 486. The van der Waals surface area contributed by atoms with Crippen molar-refractivity contribution in [2.75, 3.05) is 0 Å². The lowest BCUT2D eigenvalue weighted by atomic mass is 10.0. The van der Waals surface area contributed by atoms with E-state index in [9.17, 15) is 0 Å². The van der Waals surface area contributed by atoms with Gasteiger partial charge in [-0.05, 0) is 25.0 Å². The first-order valence-electron chi connectivity index (χ1n) is 5.85. The predicted molar refractivity (Wildman–Crippen MR) is 64.9 cm³/mol. The van der Waals surface area contributed by atoms with E-state index in [1.165, 1.54) is 11.3 Å². The monoisotopic (exact) mass is 215 g/mol. The van der Waals surface area contributed by atoms with Crippen molar-refractivity contribution < 1.29 is 0 Å². The Morgan fingerprint density at radius 1 is 1.12 bits per heavy atom. The molecular weight excluding hydrogens is 198 g/mol. The normalized spacial score (nSPS) is 12.2. The molecular formula is C13H17N3. The highest BCUT2D eigenvalue weighted by atomic mass is 15.4. The molecule has 3 rings (SSSR count). The lowest BCUT2D eigenvalue weighted by Gasteiger charge is -2.15. The summed E-state index contributed by atoms with van der Waals surface area (Å²) < 4.78 is 1.97. The minimum atomic E-state index is 0.858. The van der Waals surface area contributed by atoms with E-state index in [1.54, 1.807) is 0 Å². The molecule has 0 amide bonds. The summed E-state index contributed by atoms with van der Waals surface area (Å²) in [5.74, 6) is 1.94. The Kier molecular flexibility index (Phi) is 3.04. The van der Waals surface area contributed by atoms with Gasteiger partial charge in [-0.2, -0.15) is 5.10 Å². The van der Waals surface area contributed by atoms with Gasteiger partial charge in [0.1, 0.15) is 11.6 Å². The highest BCUT2D eigenvalue weighted by molar-refractivity contribution is 5.43. The lowest BCUT2D eigenvalue weighted by Crippen LogP contribution is -2.13. The van der Waals surface area contributed by atoms with Crippen molar-refractivity contribution in [3.05, 3.63) is 41.5 Å². The van der Waals surface area contributed by atoms with Gasteiger partial charge in [-0.3, -0.25) is 0 Å². The van der Waals surface area contributed by atoms with Gasteiger partial charge < -0.3 is 0 Å². The number of hydrogen-bond acceptors (Lipinski definition) is 2. The van der Waals surface area contributed by atoms with Gasteiger partial charge in [0.05, 0.1) is 5.69 Å². The smallest absolute Gasteiger partial charge is 0.148 e. The number of rotatable bonds is 0. The van der Waals surface area contributed by atoms with Crippen LogP contribution >= 0.6 is 0 Å². The molecule has 0 fully saturated rings. The van der Waals surface area contributed by atoms with Crippen LogP contribution in [0.3, 0.4) is 0 Å². The second-order valence-electron chi connectivity index (χ2n) is 3.62. The Hall–Kier alpha value is -1.64. The van der Waals surface area contributed by atoms with Crippen LogP contribution in [-0.4, -0.2) is 14.8 Å². The molecule has 3 heteroatoms. The van der Waals surface area contributed by atoms with Crippen molar-refractivity contribution >= 4 is 0 Å². The topological polar surface area (TPSA) is 30.7 Å². The Labute approximate surface area is 96.1 Å². The van der Waals surface area contributed by atoms with E-state index < -0.39 is 0 Å². The first kappa shape index (κ1) is 10.9. The highest BCUT2D eigenvalue weighted by Gasteiger charge is 2.17. The third kappa shape index (κ3) is 1.73. The fourth-order valence-corrected chi connectivity index (χ4v) is 1.99. The summed E-state index contributed by atoms with van der Waals surface area (Å²) in [6.45, 7) is 5.94. The van der Waals surface area contributed by atoms with E-state index >= 15 is 0 Å². The molecule has 0 saturated heterocycles. The molecule has 0 atom stereocenters. The second kappa shape index (κ2) is 4.47. The molecule has 0 spiro atoms. The summed E-state index contributed by atoms with van der Waals surface area (Å²) in [5.41, 5.74) is 2.55. The summed E-state index contributed by atoms with van der Waals surface area (Å²) >= 11 is 0. The lowest BCUT2D eigenvalue weighted by molar-refractivity contribution is 0.721. The fraction of sp³-hybridized carbons (Fsp3) is 0.385. The summed E-state index contributed by atoms with van der Waals surface area (Å²) in [6, 6.07) is 8.39. The third-order valence-electron chi connectivity index (χ3n) is 2.62. The molecule has 3 nitrogen and oxygen atoms in total. The maximum atomic E-state index is 4.40. The van der Waals surface area contributed by atoms with Crippen LogP contribution in [0.25, 0.3) is 5.69 Å². The van der Waals surface area contributed by atoms with Crippen LogP contribution in [0.4, 0.5) is 0 Å². The molecule has 0 unspecified atom stereocenters. The molecule has 84 valence electrons. The Balaban J connectivity index is 0.000000457. The van der Waals surface area contributed by atoms with Gasteiger partial charge in [0, 0.05) is 6.42 Å².